The molecule has 2 N–H and O–H groups in total. The fourth-order valence-electron chi connectivity index (χ4n) is 1.50. The van der Waals surface area contributed by atoms with Gasteiger partial charge in [0.05, 0.1) is 11.8 Å². The van der Waals surface area contributed by atoms with Crippen molar-refractivity contribution in [1.29, 1.82) is 0 Å². The summed E-state index contributed by atoms with van der Waals surface area (Å²) >= 11 is 3.20. The van der Waals surface area contributed by atoms with Crippen LogP contribution < -0.4 is 15.4 Å². The van der Waals surface area contributed by atoms with Crippen LogP contribution in [0.4, 0.5) is 22.0 Å². The van der Waals surface area contributed by atoms with Crippen LogP contribution in [-0.4, -0.2) is 28.1 Å². The summed E-state index contributed by atoms with van der Waals surface area (Å²) in [6, 6.07) is 4.83. The first kappa shape index (κ1) is 15.4. The smallest absolute Gasteiger partial charge is 0.323 e. The van der Waals surface area contributed by atoms with Gasteiger partial charge in [0.1, 0.15) is 5.82 Å². The lowest BCUT2D eigenvalue weighted by atomic mass is 10.3. The van der Waals surface area contributed by atoms with Crippen molar-refractivity contribution in [2.75, 3.05) is 17.7 Å². The predicted molar refractivity (Wildman–Crippen MR) is 82.5 cm³/mol. The van der Waals surface area contributed by atoms with Crippen molar-refractivity contribution in [3.8, 4) is 6.01 Å². The standard InChI is InChI=1S/C13H15BrFN5O/c1-7(2)21-13-19-11(16-3)18-12(20-13)17-10-5-4-8(14)6-9(10)15/h4-7H,1-3H3,(H2,16,17,18,19,20). The molecule has 8 heteroatoms. The Morgan fingerprint density at radius 3 is 2.52 bits per heavy atom. The number of rotatable bonds is 5. The van der Waals surface area contributed by atoms with Gasteiger partial charge in [-0.1, -0.05) is 15.9 Å². The molecule has 1 heterocycles. The van der Waals surface area contributed by atoms with Crippen molar-refractivity contribution in [2.45, 2.75) is 20.0 Å². The van der Waals surface area contributed by atoms with E-state index in [-0.39, 0.29) is 23.8 Å². The second-order valence-corrected chi connectivity index (χ2v) is 5.35. The van der Waals surface area contributed by atoms with Crippen molar-refractivity contribution >= 4 is 33.5 Å². The highest BCUT2D eigenvalue weighted by molar-refractivity contribution is 9.10. The van der Waals surface area contributed by atoms with Crippen LogP contribution in [0, 0.1) is 5.82 Å². The quantitative estimate of drug-likeness (QED) is 0.856. The molecule has 6 nitrogen and oxygen atoms in total. The zero-order valence-corrected chi connectivity index (χ0v) is 13.4. The van der Waals surface area contributed by atoms with Gasteiger partial charge in [0, 0.05) is 11.5 Å². The van der Waals surface area contributed by atoms with Crippen molar-refractivity contribution in [2.24, 2.45) is 0 Å². The zero-order valence-electron chi connectivity index (χ0n) is 11.8. The fourth-order valence-corrected chi connectivity index (χ4v) is 1.83. The van der Waals surface area contributed by atoms with Crippen LogP contribution in [0.25, 0.3) is 0 Å². The second kappa shape index (κ2) is 6.66. The third kappa shape index (κ3) is 4.25. The summed E-state index contributed by atoms with van der Waals surface area (Å²) in [5.41, 5.74) is 0.266. The Hall–Kier alpha value is -1.96. The van der Waals surface area contributed by atoms with Crippen molar-refractivity contribution < 1.29 is 9.13 Å². The predicted octanol–water partition coefficient (Wildman–Crippen LogP) is 3.35. The van der Waals surface area contributed by atoms with E-state index < -0.39 is 5.82 Å². The van der Waals surface area contributed by atoms with Crippen molar-refractivity contribution in [3.63, 3.8) is 0 Å². The average molecular weight is 356 g/mol. The van der Waals surface area contributed by atoms with Gasteiger partial charge in [0.15, 0.2) is 0 Å². The number of hydrogen-bond acceptors (Lipinski definition) is 6. The van der Waals surface area contributed by atoms with E-state index in [0.717, 1.165) is 0 Å². The molecular weight excluding hydrogens is 341 g/mol. The normalized spacial score (nSPS) is 10.6. The molecular formula is C13H15BrFN5O. The molecule has 1 aromatic carbocycles. The zero-order chi connectivity index (χ0) is 15.4. The summed E-state index contributed by atoms with van der Waals surface area (Å²) in [6.45, 7) is 3.73. The highest BCUT2D eigenvalue weighted by atomic mass is 79.9. The van der Waals surface area contributed by atoms with E-state index in [1.807, 2.05) is 13.8 Å². The molecule has 0 radical (unpaired) electrons. The SMILES string of the molecule is CNc1nc(Nc2ccc(Br)cc2F)nc(OC(C)C)n1. The second-order valence-electron chi connectivity index (χ2n) is 4.43. The minimum Gasteiger partial charge on any atom is -0.461 e. The lowest BCUT2D eigenvalue weighted by molar-refractivity contribution is 0.222. The molecule has 0 atom stereocenters. The lowest BCUT2D eigenvalue weighted by Gasteiger charge is -2.11. The van der Waals surface area contributed by atoms with E-state index >= 15 is 0 Å². The number of hydrogen-bond donors (Lipinski definition) is 2. The lowest BCUT2D eigenvalue weighted by Crippen LogP contribution is -2.12. The molecule has 0 saturated carbocycles. The Kier molecular flexibility index (Phi) is 4.89. The molecule has 0 fully saturated rings. The fraction of sp³-hybridized carbons (Fsp3) is 0.308. The molecule has 0 saturated heterocycles. The molecule has 21 heavy (non-hydrogen) atoms. The maximum absolute atomic E-state index is 13.8. The molecule has 0 aliphatic carbocycles. The van der Waals surface area contributed by atoms with E-state index in [1.54, 1.807) is 19.2 Å². The molecule has 0 aliphatic heterocycles. The number of anilines is 3. The monoisotopic (exact) mass is 355 g/mol. The van der Waals surface area contributed by atoms with Gasteiger partial charge in [-0.2, -0.15) is 15.0 Å². The summed E-state index contributed by atoms with van der Waals surface area (Å²) in [6.07, 6.45) is -0.0747. The largest absolute Gasteiger partial charge is 0.461 e. The molecule has 112 valence electrons. The van der Waals surface area contributed by atoms with Gasteiger partial charge >= 0.3 is 6.01 Å². The van der Waals surface area contributed by atoms with Crippen molar-refractivity contribution in [1.82, 2.24) is 15.0 Å². The van der Waals surface area contributed by atoms with Crippen molar-refractivity contribution in [3.05, 3.63) is 28.5 Å². The highest BCUT2D eigenvalue weighted by Crippen LogP contribution is 2.22. The van der Waals surface area contributed by atoms with Gasteiger partial charge in [0.2, 0.25) is 11.9 Å². The van der Waals surface area contributed by atoms with Crippen LogP contribution in [0.5, 0.6) is 6.01 Å². The van der Waals surface area contributed by atoms with Gasteiger partial charge in [-0.25, -0.2) is 4.39 Å². The van der Waals surface area contributed by atoms with Crippen LogP contribution in [0.2, 0.25) is 0 Å². The average Bonchev–Trinajstić information content (AvgIpc) is 2.41. The van der Waals surface area contributed by atoms with Gasteiger partial charge in [-0.05, 0) is 32.0 Å². The molecule has 0 spiro atoms. The molecule has 1 aromatic heterocycles. The number of nitrogens with one attached hydrogen (secondary N) is 2. The Morgan fingerprint density at radius 2 is 1.90 bits per heavy atom. The Bertz CT molecular complexity index is 638. The van der Waals surface area contributed by atoms with Gasteiger partial charge < -0.3 is 15.4 Å². The van der Waals surface area contributed by atoms with Crippen LogP contribution in [-0.2, 0) is 0 Å². The van der Waals surface area contributed by atoms with Gasteiger partial charge in [-0.15, -0.1) is 0 Å². The summed E-state index contributed by atoms with van der Waals surface area (Å²) in [4.78, 5) is 12.3. The van der Waals surface area contributed by atoms with Crippen LogP contribution in [0.15, 0.2) is 22.7 Å². The van der Waals surface area contributed by atoms with Gasteiger partial charge in [-0.3, -0.25) is 0 Å². The van der Waals surface area contributed by atoms with E-state index in [0.29, 0.717) is 10.4 Å². The number of aromatic nitrogens is 3. The highest BCUT2D eigenvalue weighted by Gasteiger charge is 2.10. The first-order valence-corrected chi connectivity index (χ1v) is 7.10. The number of halogens is 2. The Labute approximate surface area is 130 Å². The Morgan fingerprint density at radius 1 is 1.19 bits per heavy atom. The number of nitrogens with zero attached hydrogens (tertiary/aromatic N) is 3. The van der Waals surface area contributed by atoms with E-state index in [2.05, 4.69) is 41.5 Å². The first-order valence-electron chi connectivity index (χ1n) is 6.30. The maximum atomic E-state index is 13.8. The minimum absolute atomic E-state index is 0.0747. The topological polar surface area (TPSA) is 72.0 Å². The van der Waals surface area contributed by atoms with Crippen LogP contribution >= 0.6 is 15.9 Å². The summed E-state index contributed by atoms with van der Waals surface area (Å²) < 4.78 is 19.9. The summed E-state index contributed by atoms with van der Waals surface area (Å²) in [7, 11) is 1.68. The van der Waals surface area contributed by atoms with E-state index in [1.165, 1.54) is 6.07 Å². The molecule has 0 unspecified atom stereocenters. The van der Waals surface area contributed by atoms with E-state index in [9.17, 15) is 4.39 Å². The first-order chi connectivity index (χ1) is 9.97. The Balaban J connectivity index is 2.29. The molecule has 2 rings (SSSR count). The molecule has 0 amide bonds. The number of ether oxygens (including phenoxy) is 1. The summed E-state index contributed by atoms with van der Waals surface area (Å²) in [5.74, 6) is 0.119. The third-order valence-corrected chi connectivity index (χ3v) is 2.85. The van der Waals surface area contributed by atoms with Crippen LogP contribution in [0.3, 0.4) is 0 Å². The summed E-state index contributed by atoms with van der Waals surface area (Å²) in [5, 5.41) is 5.62. The molecule has 2 aromatic rings. The minimum atomic E-state index is -0.415. The maximum Gasteiger partial charge on any atom is 0.323 e. The van der Waals surface area contributed by atoms with Gasteiger partial charge in [0.25, 0.3) is 0 Å². The van der Waals surface area contributed by atoms with Crippen LogP contribution in [0.1, 0.15) is 13.8 Å². The number of benzene rings is 1. The third-order valence-electron chi connectivity index (χ3n) is 2.36. The molecule has 0 bridgehead atoms. The van der Waals surface area contributed by atoms with E-state index in [4.69, 9.17) is 4.74 Å². The molecule has 0 aliphatic rings.